The molecular formula is C22H21F3N4O2S. The topological polar surface area (TPSA) is 84.0 Å². The van der Waals surface area contributed by atoms with Gasteiger partial charge in [0.25, 0.3) is 0 Å². The Balaban J connectivity index is 1.62. The number of alkyl halides is 3. The smallest absolute Gasteiger partial charge is 0.346 e. The highest BCUT2D eigenvalue weighted by atomic mass is 32.2. The summed E-state index contributed by atoms with van der Waals surface area (Å²) in [5, 5.41) is 5.72. The van der Waals surface area contributed by atoms with Crippen LogP contribution in [0.1, 0.15) is 22.5 Å². The molecule has 0 unspecified atom stereocenters. The van der Waals surface area contributed by atoms with Crippen molar-refractivity contribution in [2.24, 2.45) is 0 Å². The van der Waals surface area contributed by atoms with Gasteiger partial charge in [-0.25, -0.2) is 9.97 Å². The van der Waals surface area contributed by atoms with Gasteiger partial charge >= 0.3 is 6.18 Å². The van der Waals surface area contributed by atoms with Gasteiger partial charge in [-0.15, -0.1) is 0 Å². The first-order valence-corrected chi connectivity index (χ1v) is 10.6. The van der Waals surface area contributed by atoms with Gasteiger partial charge in [-0.2, -0.15) is 13.2 Å². The number of carbonyl (C=O) groups excluding carboxylic acids is 2. The summed E-state index contributed by atoms with van der Waals surface area (Å²) in [4.78, 5) is 31.6. The first-order valence-electron chi connectivity index (χ1n) is 9.66. The number of aromatic nitrogens is 2. The van der Waals surface area contributed by atoms with Crippen LogP contribution in [-0.4, -0.2) is 34.1 Å². The summed E-state index contributed by atoms with van der Waals surface area (Å²) in [6.07, 6.45) is -4.70. The lowest BCUT2D eigenvalue weighted by Crippen LogP contribution is -2.34. The lowest BCUT2D eigenvalue weighted by Gasteiger charge is -2.13. The zero-order valence-electron chi connectivity index (χ0n) is 17.6. The van der Waals surface area contributed by atoms with Gasteiger partial charge in [-0.3, -0.25) is 9.59 Å². The fourth-order valence-electron chi connectivity index (χ4n) is 3.21. The Morgan fingerprint density at radius 2 is 1.66 bits per heavy atom. The van der Waals surface area contributed by atoms with E-state index in [0.717, 1.165) is 28.5 Å². The van der Waals surface area contributed by atoms with Gasteiger partial charge in [0.1, 0.15) is 5.03 Å². The quantitative estimate of drug-likeness (QED) is 0.419. The van der Waals surface area contributed by atoms with E-state index in [0.29, 0.717) is 11.1 Å². The van der Waals surface area contributed by atoms with Gasteiger partial charge < -0.3 is 10.6 Å². The Bertz CT molecular complexity index is 1160. The van der Waals surface area contributed by atoms with E-state index in [4.69, 9.17) is 0 Å². The SMILES string of the molecule is Cc1cc(C)c(NC(=O)CNC(=O)CSc2nc(C(F)(F)F)nc3ccccc23)c(C)c1. The standard InChI is InChI=1S/C22H21F3N4O2S/c1-12-8-13(2)19(14(3)9-12)28-17(30)10-26-18(31)11-32-20-15-6-4-5-7-16(15)27-21(29-20)22(23,24)25/h4-9H,10-11H2,1-3H3,(H,26,31)(H,28,30). The number of carbonyl (C=O) groups is 2. The third-order valence-electron chi connectivity index (χ3n) is 4.55. The van der Waals surface area contributed by atoms with Crippen molar-refractivity contribution in [1.29, 1.82) is 0 Å². The van der Waals surface area contributed by atoms with E-state index in [2.05, 4.69) is 20.6 Å². The molecule has 0 aliphatic heterocycles. The number of nitrogens with one attached hydrogen (secondary N) is 2. The molecule has 3 aromatic rings. The van der Waals surface area contributed by atoms with Crippen LogP contribution in [0.4, 0.5) is 18.9 Å². The van der Waals surface area contributed by atoms with Crippen LogP contribution in [0.5, 0.6) is 0 Å². The Morgan fingerprint density at radius 1 is 1.00 bits per heavy atom. The van der Waals surface area contributed by atoms with Crippen LogP contribution in [0, 0.1) is 20.8 Å². The molecule has 3 rings (SSSR count). The monoisotopic (exact) mass is 462 g/mol. The number of fused-ring (bicyclic) bond motifs is 1. The number of para-hydroxylation sites is 1. The summed E-state index contributed by atoms with van der Waals surface area (Å²) in [5.74, 6) is -2.36. The normalized spacial score (nSPS) is 11.4. The van der Waals surface area contributed by atoms with Gasteiger partial charge in [0.2, 0.25) is 17.6 Å². The number of anilines is 1. The van der Waals surface area contributed by atoms with Crippen LogP contribution in [0.25, 0.3) is 10.9 Å². The summed E-state index contributed by atoms with van der Waals surface area (Å²) in [7, 11) is 0. The number of benzene rings is 2. The van der Waals surface area contributed by atoms with Crippen LogP contribution in [0.2, 0.25) is 0 Å². The molecule has 0 aliphatic carbocycles. The van der Waals surface area contributed by atoms with E-state index in [9.17, 15) is 22.8 Å². The van der Waals surface area contributed by atoms with E-state index in [1.807, 2.05) is 32.9 Å². The fraction of sp³-hybridized carbons (Fsp3) is 0.273. The zero-order chi connectivity index (χ0) is 23.5. The minimum absolute atomic E-state index is 0.0495. The average molecular weight is 462 g/mol. The van der Waals surface area contributed by atoms with Gasteiger partial charge in [-0.1, -0.05) is 47.7 Å². The molecule has 0 saturated carbocycles. The number of hydrogen-bond acceptors (Lipinski definition) is 5. The maximum atomic E-state index is 13.1. The van der Waals surface area contributed by atoms with E-state index in [1.54, 1.807) is 18.2 Å². The molecule has 0 fully saturated rings. The average Bonchev–Trinajstić information content (AvgIpc) is 2.72. The van der Waals surface area contributed by atoms with Crippen molar-refractivity contribution < 1.29 is 22.8 Å². The van der Waals surface area contributed by atoms with Gasteiger partial charge in [0.15, 0.2) is 0 Å². The van der Waals surface area contributed by atoms with E-state index in [1.165, 1.54) is 6.07 Å². The molecule has 32 heavy (non-hydrogen) atoms. The summed E-state index contributed by atoms with van der Waals surface area (Å²) in [6, 6.07) is 10.2. The van der Waals surface area contributed by atoms with Crippen molar-refractivity contribution in [2.45, 2.75) is 32.0 Å². The van der Waals surface area contributed by atoms with Crippen molar-refractivity contribution in [3.8, 4) is 0 Å². The molecule has 0 atom stereocenters. The largest absolute Gasteiger partial charge is 0.451 e. The van der Waals surface area contributed by atoms with Crippen molar-refractivity contribution in [2.75, 3.05) is 17.6 Å². The molecule has 0 aliphatic rings. The Morgan fingerprint density at radius 3 is 2.31 bits per heavy atom. The number of aryl methyl sites for hydroxylation is 3. The van der Waals surface area contributed by atoms with Crippen molar-refractivity contribution >= 4 is 40.2 Å². The van der Waals surface area contributed by atoms with Crippen molar-refractivity contribution in [3.05, 3.63) is 58.9 Å². The lowest BCUT2D eigenvalue weighted by atomic mass is 10.1. The summed E-state index contributed by atoms with van der Waals surface area (Å²) in [5.41, 5.74) is 3.73. The molecule has 2 amide bonds. The molecule has 0 saturated heterocycles. The molecular weight excluding hydrogens is 441 g/mol. The van der Waals surface area contributed by atoms with Gasteiger partial charge in [0.05, 0.1) is 17.8 Å². The Labute approximate surface area is 187 Å². The number of hydrogen-bond donors (Lipinski definition) is 2. The second kappa shape index (κ2) is 9.56. The van der Waals surface area contributed by atoms with Gasteiger partial charge in [0, 0.05) is 11.1 Å². The maximum absolute atomic E-state index is 13.1. The molecule has 0 spiro atoms. The van der Waals surface area contributed by atoms with Crippen LogP contribution < -0.4 is 10.6 Å². The first kappa shape index (κ1) is 23.5. The first-order chi connectivity index (χ1) is 15.0. The number of nitrogens with zero attached hydrogens (tertiary/aromatic N) is 2. The third-order valence-corrected chi connectivity index (χ3v) is 5.54. The fourth-order valence-corrected chi connectivity index (χ4v) is 4.06. The highest BCUT2D eigenvalue weighted by molar-refractivity contribution is 8.00. The molecule has 1 heterocycles. The summed E-state index contributed by atoms with van der Waals surface area (Å²) >= 11 is 0.856. The van der Waals surface area contributed by atoms with E-state index >= 15 is 0 Å². The summed E-state index contributed by atoms with van der Waals surface area (Å²) in [6.45, 7) is 5.46. The molecule has 10 heteroatoms. The van der Waals surface area contributed by atoms with Crippen LogP contribution in [-0.2, 0) is 15.8 Å². The third kappa shape index (κ3) is 5.76. The minimum Gasteiger partial charge on any atom is -0.346 e. The highest BCUT2D eigenvalue weighted by Gasteiger charge is 2.35. The minimum atomic E-state index is -4.70. The highest BCUT2D eigenvalue weighted by Crippen LogP contribution is 2.32. The number of amides is 2. The molecule has 168 valence electrons. The van der Waals surface area contributed by atoms with Crippen LogP contribution in [0.15, 0.2) is 41.4 Å². The molecule has 2 aromatic carbocycles. The molecule has 2 N–H and O–H groups in total. The maximum Gasteiger partial charge on any atom is 0.451 e. The van der Waals surface area contributed by atoms with E-state index < -0.39 is 23.8 Å². The van der Waals surface area contributed by atoms with Gasteiger partial charge in [-0.05, 0) is 38.0 Å². The number of thioether (sulfide) groups is 1. The molecule has 6 nitrogen and oxygen atoms in total. The molecule has 0 radical (unpaired) electrons. The summed E-state index contributed by atoms with van der Waals surface area (Å²) < 4.78 is 39.3. The number of halogens is 3. The van der Waals surface area contributed by atoms with Crippen molar-refractivity contribution in [3.63, 3.8) is 0 Å². The second-order valence-electron chi connectivity index (χ2n) is 7.25. The predicted octanol–water partition coefficient (Wildman–Crippen LogP) is 4.42. The zero-order valence-corrected chi connectivity index (χ0v) is 18.4. The Kier molecular flexibility index (Phi) is 7.02. The van der Waals surface area contributed by atoms with E-state index in [-0.39, 0.29) is 22.8 Å². The Hall–Kier alpha value is -3.14. The van der Waals surface area contributed by atoms with Crippen LogP contribution >= 0.6 is 11.8 Å². The second-order valence-corrected chi connectivity index (χ2v) is 8.22. The molecule has 1 aromatic heterocycles. The van der Waals surface area contributed by atoms with Crippen molar-refractivity contribution in [1.82, 2.24) is 15.3 Å². The van der Waals surface area contributed by atoms with Crippen LogP contribution in [0.3, 0.4) is 0 Å². The predicted molar refractivity (Wildman–Crippen MR) is 118 cm³/mol. The lowest BCUT2D eigenvalue weighted by molar-refractivity contribution is -0.145. The molecule has 0 bridgehead atoms. The number of rotatable bonds is 6.